The summed E-state index contributed by atoms with van der Waals surface area (Å²) in [4.78, 5) is 19.0. The van der Waals surface area contributed by atoms with Crippen molar-refractivity contribution >= 4 is 22.8 Å². The molecule has 0 bridgehead atoms. The smallest absolute Gasteiger partial charge is 0.186 e. The quantitative estimate of drug-likeness (QED) is 0.785. The summed E-state index contributed by atoms with van der Waals surface area (Å²) in [6.07, 6.45) is 4.03. The molecule has 21 heavy (non-hydrogen) atoms. The Hall–Kier alpha value is -1.68. The second-order valence-corrected chi connectivity index (χ2v) is 6.53. The fourth-order valence-electron chi connectivity index (χ4n) is 2.93. The Morgan fingerprint density at radius 1 is 1.38 bits per heavy atom. The largest absolute Gasteiger partial charge is 0.347 e. The molecular formula is C17H20N2OS. The Bertz CT molecular complexity index is 609. The van der Waals surface area contributed by atoms with Crippen molar-refractivity contribution < 1.29 is 4.79 Å². The van der Waals surface area contributed by atoms with Gasteiger partial charge in [0.25, 0.3) is 0 Å². The molecule has 1 atom stereocenters. The zero-order valence-corrected chi connectivity index (χ0v) is 13.1. The third-order valence-corrected chi connectivity index (χ3v) is 5.12. The van der Waals surface area contributed by atoms with Gasteiger partial charge in [0, 0.05) is 19.0 Å². The number of rotatable bonds is 5. The molecule has 1 unspecified atom stereocenters. The molecule has 1 saturated heterocycles. The lowest BCUT2D eigenvalue weighted by atomic mass is 9.99. The number of anilines is 1. The summed E-state index contributed by atoms with van der Waals surface area (Å²) < 4.78 is 0. The van der Waals surface area contributed by atoms with Crippen LogP contribution in [0.5, 0.6) is 0 Å². The van der Waals surface area contributed by atoms with E-state index in [4.69, 9.17) is 4.98 Å². The molecule has 0 aliphatic carbocycles. The molecule has 3 rings (SSSR count). The number of aryl methyl sites for hydroxylation is 1. The molecule has 0 amide bonds. The topological polar surface area (TPSA) is 33.2 Å². The molecular weight excluding hydrogens is 280 g/mol. The van der Waals surface area contributed by atoms with Crippen LogP contribution in [-0.4, -0.2) is 24.4 Å². The molecule has 1 aliphatic heterocycles. The first-order valence-electron chi connectivity index (χ1n) is 7.56. The van der Waals surface area contributed by atoms with Gasteiger partial charge in [0.1, 0.15) is 0 Å². The van der Waals surface area contributed by atoms with Gasteiger partial charge in [-0.15, -0.1) is 0 Å². The van der Waals surface area contributed by atoms with Crippen LogP contribution in [0.2, 0.25) is 0 Å². The maximum Gasteiger partial charge on any atom is 0.186 e. The molecule has 1 fully saturated rings. The highest BCUT2D eigenvalue weighted by molar-refractivity contribution is 7.17. The lowest BCUT2D eigenvalue weighted by Crippen LogP contribution is -2.18. The number of carbonyl (C=O) groups excluding carboxylic acids is 1. The molecule has 0 radical (unpaired) electrons. The van der Waals surface area contributed by atoms with Gasteiger partial charge in [-0.3, -0.25) is 4.79 Å². The van der Waals surface area contributed by atoms with E-state index in [1.165, 1.54) is 5.56 Å². The van der Waals surface area contributed by atoms with Gasteiger partial charge >= 0.3 is 0 Å². The van der Waals surface area contributed by atoms with Crippen molar-refractivity contribution in [3.05, 3.63) is 46.5 Å². The predicted octanol–water partition coefficient (Wildman–Crippen LogP) is 3.90. The number of thiazole rings is 1. The number of hydrogen-bond acceptors (Lipinski definition) is 4. The summed E-state index contributed by atoms with van der Waals surface area (Å²) in [5, 5.41) is 1.01. The molecule has 0 N–H and O–H groups in total. The minimum Gasteiger partial charge on any atom is -0.347 e. The lowest BCUT2D eigenvalue weighted by Gasteiger charge is -2.15. The van der Waals surface area contributed by atoms with Crippen LogP contribution in [0.3, 0.4) is 0 Å². The molecule has 2 heterocycles. The van der Waals surface area contributed by atoms with Crippen LogP contribution in [-0.2, 0) is 6.42 Å². The number of carbonyl (C=O) groups is 1. The normalized spacial score (nSPS) is 18.1. The second-order valence-electron chi connectivity index (χ2n) is 5.52. The average Bonchev–Trinajstić information content (AvgIpc) is 3.15. The van der Waals surface area contributed by atoms with E-state index in [9.17, 15) is 4.79 Å². The fraction of sp³-hybridized carbons (Fsp3) is 0.412. The SMILES string of the molecule is CCCc1nc(N2CCC(c3ccccc3)C2)sc1C=O. The minimum atomic E-state index is 0.574. The zero-order chi connectivity index (χ0) is 14.7. The van der Waals surface area contributed by atoms with Crippen molar-refractivity contribution in [1.82, 2.24) is 4.98 Å². The monoisotopic (exact) mass is 300 g/mol. The molecule has 4 heteroatoms. The van der Waals surface area contributed by atoms with E-state index in [-0.39, 0.29) is 0 Å². The number of nitrogens with zero attached hydrogens (tertiary/aromatic N) is 2. The van der Waals surface area contributed by atoms with Crippen molar-refractivity contribution in [1.29, 1.82) is 0 Å². The number of hydrogen-bond donors (Lipinski definition) is 0. The minimum absolute atomic E-state index is 0.574. The van der Waals surface area contributed by atoms with Crippen molar-refractivity contribution in [3.8, 4) is 0 Å². The first-order chi connectivity index (χ1) is 10.3. The van der Waals surface area contributed by atoms with Crippen LogP contribution < -0.4 is 4.90 Å². The van der Waals surface area contributed by atoms with Crippen LogP contribution in [0, 0.1) is 0 Å². The lowest BCUT2D eigenvalue weighted by molar-refractivity contribution is 0.112. The van der Waals surface area contributed by atoms with Crippen LogP contribution in [0.25, 0.3) is 0 Å². The van der Waals surface area contributed by atoms with Gasteiger partial charge in [-0.2, -0.15) is 0 Å². The summed E-state index contributed by atoms with van der Waals surface area (Å²) in [5.74, 6) is 0.574. The van der Waals surface area contributed by atoms with Gasteiger partial charge in [-0.05, 0) is 18.4 Å². The van der Waals surface area contributed by atoms with E-state index in [1.807, 2.05) is 0 Å². The van der Waals surface area contributed by atoms with E-state index in [0.717, 1.165) is 54.3 Å². The van der Waals surface area contributed by atoms with Gasteiger partial charge in [0.05, 0.1) is 10.6 Å². The zero-order valence-electron chi connectivity index (χ0n) is 12.3. The van der Waals surface area contributed by atoms with E-state index in [1.54, 1.807) is 11.3 Å². The van der Waals surface area contributed by atoms with E-state index in [0.29, 0.717) is 5.92 Å². The van der Waals surface area contributed by atoms with Crippen LogP contribution >= 0.6 is 11.3 Å². The molecule has 1 aliphatic rings. The summed E-state index contributed by atoms with van der Waals surface area (Å²) in [5.41, 5.74) is 2.37. The molecule has 0 saturated carbocycles. The van der Waals surface area contributed by atoms with Crippen LogP contribution in [0.4, 0.5) is 5.13 Å². The average molecular weight is 300 g/mol. The second kappa shape index (κ2) is 6.39. The standard InChI is InChI=1S/C17H20N2OS/c1-2-6-15-16(12-20)21-17(18-15)19-10-9-14(11-19)13-7-4-3-5-8-13/h3-5,7-8,12,14H,2,6,9-11H2,1H3. The van der Waals surface area contributed by atoms with E-state index < -0.39 is 0 Å². The van der Waals surface area contributed by atoms with Gasteiger partial charge in [0.2, 0.25) is 0 Å². The molecule has 3 nitrogen and oxygen atoms in total. The third-order valence-electron chi connectivity index (χ3n) is 4.04. The van der Waals surface area contributed by atoms with Crippen molar-refractivity contribution in [2.24, 2.45) is 0 Å². The maximum absolute atomic E-state index is 11.2. The van der Waals surface area contributed by atoms with Gasteiger partial charge in [0.15, 0.2) is 11.4 Å². The van der Waals surface area contributed by atoms with Gasteiger partial charge in [-0.25, -0.2) is 4.98 Å². The van der Waals surface area contributed by atoms with Crippen LogP contribution in [0.15, 0.2) is 30.3 Å². The summed E-state index contributed by atoms with van der Waals surface area (Å²) in [6.45, 7) is 4.15. The predicted molar refractivity (Wildman–Crippen MR) is 87.5 cm³/mol. The number of benzene rings is 1. The van der Waals surface area contributed by atoms with E-state index >= 15 is 0 Å². The number of aromatic nitrogens is 1. The van der Waals surface area contributed by atoms with Crippen molar-refractivity contribution in [2.75, 3.05) is 18.0 Å². The highest BCUT2D eigenvalue weighted by atomic mass is 32.1. The Kier molecular flexibility index (Phi) is 4.34. The molecule has 110 valence electrons. The van der Waals surface area contributed by atoms with Crippen molar-refractivity contribution in [2.45, 2.75) is 32.1 Å². The first-order valence-corrected chi connectivity index (χ1v) is 8.38. The third kappa shape index (κ3) is 3.00. The Balaban J connectivity index is 1.75. The Morgan fingerprint density at radius 2 is 2.19 bits per heavy atom. The number of aldehydes is 1. The van der Waals surface area contributed by atoms with Crippen molar-refractivity contribution in [3.63, 3.8) is 0 Å². The Labute approximate surface area is 129 Å². The summed E-state index contributed by atoms with van der Waals surface area (Å²) in [7, 11) is 0. The molecule has 1 aromatic carbocycles. The summed E-state index contributed by atoms with van der Waals surface area (Å²) >= 11 is 1.54. The molecule has 2 aromatic rings. The fourth-order valence-corrected chi connectivity index (χ4v) is 3.89. The summed E-state index contributed by atoms with van der Waals surface area (Å²) in [6, 6.07) is 10.7. The van der Waals surface area contributed by atoms with E-state index in [2.05, 4.69) is 42.2 Å². The highest BCUT2D eigenvalue weighted by Gasteiger charge is 2.26. The Morgan fingerprint density at radius 3 is 2.90 bits per heavy atom. The van der Waals surface area contributed by atoms with Gasteiger partial charge in [-0.1, -0.05) is 55.0 Å². The molecule has 1 aromatic heterocycles. The maximum atomic E-state index is 11.2. The van der Waals surface area contributed by atoms with Crippen LogP contribution in [0.1, 0.15) is 46.6 Å². The van der Waals surface area contributed by atoms with Gasteiger partial charge < -0.3 is 4.90 Å². The first kappa shape index (κ1) is 14.3. The molecule has 0 spiro atoms. The highest BCUT2D eigenvalue weighted by Crippen LogP contribution is 2.34.